The lowest BCUT2D eigenvalue weighted by molar-refractivity contribution is 0.592. The Morgan fingerprint density at radius 1 is 0.467 bits per heavy atom. The SMILES string of the molecule is O=P(c1ccccc1)(c1ccccc1)c1ccc(-c2ccc3c(ccc4c5ccccc5c5nc6ccc(Cc7cc8ccccc8c8ccccc78)cc6n5c34)c2)cn1. The van der Waals surface area contributed by atoms with E-state index in [1.54, 1.807) is 0 Å². The molecule has 0 aliphatic rings. The molecule has 0 fully saturated rings. The summed E-state index contributed by atoms with van der Waals surface area (Å²) in [6.45, 7) is 0. The van der Waals surface area contributed by atoms with Crippen molar-refractivity contribution in [2.45, 2.75) is 6.42 Å². The van der Waals surface area contributed by atoms with Crippen LogP contribution in [0, 0.1) is 0 Å². The van der Waals surface area contributed by atoms with Crippen molar-refractivity contribution in [1.29, 1.82) is 0 Å². The molecule has 0 N–H and O–H groups in total. The molecule has 3 aromatic heterocycles. The molecule has 0 bridgehead atoms. The van der Waals surface area contributed by atoms with Crippen LogP contribution in [-0.2, 0) is 11.0 Å². The first-order valence-electron chi connectivity index (χ1n) is 20.4. The number of hydrogen-bond donors (Lipinski definition) is 0. The first-order valence-corrected chi connectivity index (χ1v) is 22.1. The molecule has 12 rings (SSSR count). The summed E-state index contributed by atoms with van der Waals surface area (Å²) in [7, 11) is -3.18. The zero-order chi connectivity index (χ0) is 39.8. The van der Waals surface area contributed by atoms with Crippen LogP contribution in [0.4, 0.5) is 0 Å². The van der Waals surface area contributed by atoms with Gasteiger partial charge in [0.1, 0.15) is 11.1 Å². The fraction of sp³-hybridized carbons (Fsp3) is 0.0182. The average molecular weight is 786 g/mol. The van der Waals surface area contributed by atoms with Gasteiger partial charge in [0.2, 0.25) is 0 Å². The van der Waals surface area contributed by atoms with Crippen molar-refractivity contribution >= 4 is 93.9 Å². The molecular formula is C55H36N3OP. The quantitative estimate of drug-likeness (QED) is 0.125. The van der Waals surface area contributed by atoms with Gasteiger partial charge in [0, 0.05) is 38.5 Å². The highest BCUT2D eigenvalue weighted by Crippen LogP contribution is 2.42. The lowest BCUT2D eigenvalue weighted by Crippen LogP contribution is -2.26. The Balaban J connectivity index is 1.01. The summed E-state index contributed by atoms with van der Waals surface area (Å²) < 4.78 is 17.4. The number of fused-ring (bicyclic) bond motifs is 13. The Bertz CT molecular complexity index is 3670. The van der Waals surface area contributed by atoms with Gasteiger partial charge in [-0.2, -0.15) is 0 Å². The summed E-state index contributed by atoms with van der Waals surface area (Å²) in [6.07, 6.45) is 2.68. The highest BCUT2D eigenvalue weighted by Gasteiger charge is 2.31. The van der Waals surface area contributed by atoms with E-state index in [1.165, 1.54) is 43.4 Å². The van der Waals surface area contributed by atoms with Gasteiger partial charge in [-0.25, -0.2) is 4.98 Å². The van der Waals surface area contributed by atoms with Crippen LogP contribution < -0.4 is 16.0 Å². The van der Waals surface area contributed by atoms with Crippen molar-refractivity contribution in [3.05, 3.63) is 218 Å². The van der Waals surface area contributed by atoms with Gasteiger partial charge < -0.3 is 4.57 Å². The highest BCUT2D eigenvalue weighted by atomic mass is 31.2. The van der Waals surface area contributed by atoms with Gasteiger partial charge >= 0.3 is 0 Å². The smallest absolute Gasteiger partial charge is 0.188 e. The normalized spacial score (nSPS) is 12.1. The number of nitrogens with zero attached hydrogens (tertiary/aromatic N) is 3. The first kappa shape index (κ1) is 34.6. The lowest BCUT2D eigenvalue weighted by atomic mass is 9.93. The Labute approximate surface area is 346 Å². The molecule has 4 nitrogen and oxygen atoms in total. The van der Waals surface area contributed by atoms with Gasteiger partial charge in [0.05, 0.1) is 16.6 Å². The zero-order valence-electron chi connectivity index (χ0n) is 32.5. The van der Waals surface area contributed by atoms with Crippen molar-refractivity contribution in [2.75, 3.05) is 0 Å². The van der Waals surface area contributed by atoms with Gasteiger partial charge in [0.25, 0.3) is 0 Å². The number of imidazole rings is 1. The van der Waals surface area contributed by atoms with E-state index >= 15 is 0 Å². The van der Waals surface area contributed by atoms with Crippen molar-refractivity contribution in [3.63, 3.8) is 0 Å². The van der Waals surface area contributed by atoms with E-state index in [9.17, 15) is 4.57 Å². The standard InChI is InChI=1S/C55H36N3OP/c59-60(42-14-3-1-4-15-42,43-16-5-2-6-17-43)53-30-26-40(35-56-53)37-24-27-46-39(33-37)25-28-49-48-21-11-12-22-50(48)55-57-51-29-23-36(32-52(51)58(55)54(46)49)31-41-34-38-13-7-8-18-44(38)47-20-10-9-19-45(41)47/h1-30,32-35H,31H2. The molecule has 5 heteroatoms. The van der Waals surface area contributed by atoms with Crippen molar-refractivity contribution in [2.24, 2.45) is 0 Å². The first-order chi connectivity index (χ1) is 29.6. The van der Waals surface area contributed by atoms with Gasteiger partial charge in [-0.3, -0.25) is 9.38 Å². The van der Waals surface area contributed by atoms with Gasteiger partial charge in [-0.05, 0) is 79.7 Å². The number of aromatic nitrogens is 3. The molecule has 0 spiro atoms. The molecule has 60 heavy (non-hydrogen) atoms. The predicted octanol–water partition coefficient (Wildman–Crippen LogP) is 12.5. The van der Waals surface area contributed by atoms with Crippen LogP contribution in [0.3, 0.4) is 0 Å². The molecule has 0 saturated carbocycles. The molecule has 282 valence electrons. The average Bonchev–Trinajstić information content (AvgIpc) is 3.71. The summed E-state index contributed by atoms with van der Waals surface area (Å²) in [6, 6.07) is 69.8. The number of benzene rings is 9. The molecule has 0 amide bonds. The summed E-state index contributed by atoms with van der Waals surface area (Å²) in [5.74, 6) is 0. The molecule has 0 unspecified atom stereocenters. The van der Waals surface area contributed by atoms with Crippen molar-refractivity contribution in [1.82, 2.24) is 14.4 Å². The maximum Gasteiger partial charge on any atom is 0.188 e. The minimum atomic E-state index is -3.18. The molecular weight excluding hydrogens is 750 g/mol. The molecule has 9 aromatic carbocycles. The summed E-state index contributed by atoms with van der Waals surface area (Å²) in [5.41, 5.74) is 9.32. The molecule has 0 aliphatic carbocycles. The fourth-order valence-corrected chi connectivity index (χ4v) is 11.9. The van der Waals surface area contributed by atoms with Crippen LogP contribution >= 0.6 is 7.14 Å². The predicted molar refractivity (Wildman–Crippen MR) is 252 cm³/mol. The lowest BCUT2D eigenvalue weighted by Gasteiger charge is -2.19. The summed E-state index contributed by atoms with van der Waals surface area (Å²) in [4.78, 5) is 10.2. The second-order valence-corrected chi connectivity index (χ2v) is 18.4. The molecule has 0 aliphatic heterocycles. The Morgan fingerprint density at radius 3 is 1.82 bits per heavy atom. The van der Waals surface area contributed by atoms with Crippen molar-refractivity contribution < 1.29 is 4.57 Å². The van der Waals surface area contributed by atoms with Crippen LogP contribution in [0.25, 0.3) is 81.8 Å². The number of hydrogen-bond acceptors (Lipinski definition) is 3. The van der Waals surface area contributed by atoms with E-state index < -0.39 is 7.14 Å². The minimum Gasteiger partial charge on any atom is -0.307 e. The topological polar surface area (TPSA) is 47.3 Å². The van der Waals surface area contributed by atoms with E-state index in [0.717, 1.165) is 66.5 Å². The Hall–Kier alpha value is -7.39. The molecule has 12 aromatic rings. The summed E-state index contributed by atoms with van der Waals surface area (Å²) >= 11 is 0. The number of pyridine rings is 2. The molecule has 0 radical (unpaired) electrons. The van der Waals surface area contributed by atoms with Gasteiger partial charge in [-0.15, -0.1) is 0 Å². The van der Waals surface area contributed by atoms with Crippen LogP contribution in [-0.4, -0.2) is 14.4 Å². The van der Waals surface area contributed by atoms with E-state index in [1.807, 2.05) is 72.9 Å². The van der Waals surface area contributed by atoms with Gasteiger partial charge in [0.15, 0.2) is 7.14 Å². The van der Waals surface area contributed by atoms with Crippen LogP contribution in [0.5, 0.6) is 0 Å². The Kier molecular flexibility index (Phi) is 7.85. The van der Waals surface area contributed by atoms with Crippen molar-refractivity contribution in [3.8, 4) is 11.1 Å². The maximum absolute atomic E-state index is 15.0. The second-order valence-electron chi connectivity index (χ2n) is 15.7. The third-order valence-corrected chi connectivity index (χ3v) is 15.2. The molecule has 0 atom stereocenters. The van der Waals surface area contributed by atoms with Crippen LogP contribution in [0.15, 0.2) is 206 Å². The third-order valence-electron chi connectivity index (χ3n) is 12.3. The van der Waals surface area contributed by atoms with E-state index in [2.05, 4.69) is 138 Å². The minimum absolute atomic E-state index is 0.574. The highest BCUT2D eigenvalue weighted by molar-refractivity contribution is 7.85. The number of rotatable bonds is 6. The fourth-order valence-electron chi connectivity index (χ4n) is 9.43. The van der Waals surface area contributed by atoms with Crippen LogP contribution in [0.1, 0.15) is 11.1 Å². The molecule has 0 saturated heterocycles. The molecule has 3 heterocycles. The zero-order valence-corrected chi connectivity index (χ0v) is 33.4. The van der Waals surface area contributed by atoms with E-state index in [0.29, 0.717) is 5.44 Å². The van der Waals surface area contributed by atoms with E-state index in [-0.39, 0.29) is 0 Å². The second kappa shape index (κ2) is 13.6. The van der Waals surface area contributed by atoms with Gasteiger partial charge in [-0.1, -0.05) is 176 Å². The maximum atomic E-state index is 15.0. The Morgan fingerprint density at radius 2 is 1.08 bits per heavy atom. The summed E-state index contributed by atoms with van der Waals surface area (Å²) in [5, 5.41) is 12.5. The van der Waals surface area contributed by atoms with Crippen LogP contribution in [0.2, 0.25) is 0 Å². The largest absolute Gasteiger partial charge is 0.307 e. The third kappa shape index (κ3) is 5.35. The van der Waals surface area contributed by atoms with E-state index in [4.69, 9.17) is 9.97 Å². The monoisotopic (exact) mass is 785 g/mol.